The van der Waals surface area contributed by atoms with Gasteiger partial charge in [0.05, 0.1) is 11.3 Å². The quantitative estimate of drug-likeness (QED) is 0.681. The normalized spacial score (nSPS) is 10.6. The summed E-state index contributed by atoms with van der Waals surface area (Å²) in [6.07, 6.45) is 2.37. The molecule has 0 amide bonds. The van der Waals surface area contributed by atoms with Gasteiger partial charge in [0.1, 0.15) is 11.5 Å². The van der Waals surface area contributed by atoms with Crippen molar-refractivity contribution in [3.05, 3.63) is 71.1 Å². The van der Waals surface area contributed by atoms with Crippen LogP contribution in [0.2, 0.25) is 5.02 Å². The lowest BCUT2D eigenvalue weighted by Crippen LogP contribution is -1.94. The summed E-state index contributed by atoms with van der Waals surface area (Å²) >= 11 is 5.85. The minimum absolute atomic E-state index is 0.330. The molecule has 5 heteroatoms. The number of carbonyl (C=O) groups excluding carboxylic acids is 1. The highest BCUT2D eigenvalue weighted by atomic mass is 35.5. The van der Waals surface area contributed by atoms with Crippen LogP contribution < -0.4 is 0 Å². The Labute approximate surface area is 125 Å². The third kappa shape index (κ3) is 2.71. The number of aromatic nitrogens is 2. The van der Waals surface area contributed by atoms with Crippen LogP contribution in [0, 0.1) is 5.82 Å². The number of rotatable bonds is 3. The van der Waals surface area contributed by atoms with E-state index in [9.17, 15) is 9.18 Å². The maximum Gasteiger partial charge on any atom is 0.153 e. The minimum Gasteiger partial charge on any atom is -0.298 e. The average Bonchev–Trinajstić information content (AvgIpc) is 2.93. The molecular formula is C16H10ClFN2O. The largest absolute Gasteiger partial charge is 0.298 e. The van der Waals surface area contributed by atoms with Gasteiger partial charge in [-0.3, -0.25) is 4.79 Å². The Morgan fingerprint density at radius 1 is 1.05 bits per heavy atom. The maximum absolute atomic E-state index is 13.0. The van der Waals surface area contributed by atoms with Gasteiger partial charge in [-0.05, 0) is 48.5 Å². The molecule has 3 nitrogen and oxygen atoms in total. The SMILES string of the molecule is O=Cc1cn(-c2ccc(Cl)cc2)nc1-c1ccc(F)cc1. The van der Waals surface area contributed by atoms with E-state index in [1.165, 1.54) is 12.1 Å². The van der Waals surface area contributed by atoms with Crippen molar-refractivity contribution in [2.24, 2.45) is 0 Å². The van der Waals surface area contributed by atoms with E-state index in [1.807, 2.05) is 0 Å². The van der Waals surface area contributed by atoms with Gasteiger partial charge >= 0.3 is 0 Å². The van der Waals surface area contributed by atoms with Crippen LogP contribution in [-0.2, 0) is 0 Å². The lowest BCUT2D eigenvalue weighted by molar-refractivity contribution is 0.112. The highest BCUT2D eigenvalue weighted by Crippen LogP contribution is 2.23. The standard InChI is InChI=1S/C16H10ClFN2O/c17-13-3-7-15(8-4-13)20-9-12(10-21)16(19-20)11-1-5-14(18)6-2-11/h1-10H. The van der Waals surface area contributed by atoms with Crippen molar-refractivity contribution in [3.8, 4) is 16.9 Å². The molecule has 0 unspecified atom stereocenters. The molecule has 0 aliphatic carbocycles. The van der Waals surface area contributed by atoms with Gasteiger partial charge in [-0.1, -0.05) is 11.6 Å². The number of nitrogens with zero attached hydrogens (tertiary/aromatic N) is 2. The van der Waals surface area contributed by atoms with Crippen molar-refractivity contribution in [1.82, 2.24) is 9.78 Å². The number of carbonyl (C=O) groups is 1. The van der Waals surface area contributed by atoms with Crippen molar-refractivity contribution >= 4 is 17.9 Å². The number of benzene rings is 2. The molecule has 1 aromatic heterocycles. The fourth-order valence-corrected chi connectivity index (χ4v) is 2.16. The van der Waals surface area contributed by atoms with Gasteiger partial charge in [-0.25, -0.2) is 9.07 Å². The van der Waals surface area contributed by atoms with Crippen molar-refractivity contribution in [2.75, 3.05) is 0 Å². The first-order chi connectivity index (χ1) is 10.2. The number of hydrogen-bond donors (Lipinski definition) is 0. The minimum atomic E-state index is -0.330. The van der Waals surface area contributed by atoms with Crippen LogP contribution in [0.15, 0.2) is 54.7 Å². The maximum atomic E-state index is 13.0. The molecule has 21 heavy (non-hydrogen) atoms. The molecule has 0 N–H and O–H groups in total. The second-order valence-corrected chi connectivity index (χ2v) is 4.92. The van der Waals surface area contributed by atoms with E-state index in [0.717, 1.165) is 12.0 Å². The van der Waals surface area contributed by atoms with Gasteiger partial charge in [-0.2, -0.15) is 5.10 Å². The molecule has 0 saturated heterocycles. The summed E-state index contributed by atoms with van der Waals surface area (Å²) in [5, 5.41) is 5.03. The molecule has 0 atom stereocenters. The smallest absolute Gasteiger partial charge is 0.153 e. The first-order valence-corrected chi connectivity index (χ1v) is 6.62. The second-order valence-electron chi connectivity index (χ2n) is 4.48. The molecule has 0 fully saturated rings. The number of halogens is 2. The summed E-state index contributed by atoms with van der Waals surface area (Å²) in [6.45, 7) is 0. The van der Waals surface area contributed by atoms with Gasteiger partial charge in [0.2, 0.25) is 0 Å². The van der Waals surface area contributed by atoms with Crippen LogP contribution >= 0.6 is 11.6 Å². The Hall–Kier alpha value is -2.46. The second kappa shape index (κ2) is 5.50. The molecule has 104 valence electrons. The van der Waals surface area contributed by atoms with Crippen LogP contribution in [0.3, 0.4) is 0 Å². The van der Waals surface area contributed by atoms with Crippen LogP contribution in [0.5, 0.6) is 0 Å². The lowest BCUT2D eigenvalue weighted by atomic mass is 10.1. The van der Waals surface area contributed by atoms with Crippen LogP contribution in [-0.4, -0.2) is 16.1 Å². The molecule has 0 spiro atoms. The molecule has 0 radical (unpaired) electrons. The fraction of sp³-hybridized carbons (Fsp3) is 0. The summed E-state index contributed by atoms with van der Waals surface area (Å²) in [6, 6.07) is 13.0. The topological polar surface area (TPSA) is 34.9 Å². The van der Waals surface area contributed by atoms with E-state index < -0.39 is 0 Å². The molecule has 0 bridgehead atoms. The van der Waals surface area contributed by atoms with Crippen LogP contribution in [0.25, 0.3) is 16.9 Å². The number of hydrogen-bond acceptors (Lipinski definition) is 2. The predicted molar refractivity (Wildman–Crippen MR) is 79.4 cm³/mol. The zero-order valence-corrected chi connectivity index (χ0v) is 11.6. The highest BCUT2D eigenvalue weighted by molar-refractivity contribution is 6.30. The van der Waals surface area contributed by atoms with Gasteiger partial charge in [0, 0.05) is 16.8 Å². The Kier molecular flexibility index (Phi) is 3.54. The average molecular weight is 301 g/mol. The molecule has 1 heterocycles. The van der Waals surface area contributed by atoms with Gasteiger partial charge in [0.25, 0.3) is 0 Å². The van der Waals surface area contributed by atoms with Crippen molar-refractivity contribution in [2.45, 2.75) is 0 Å². The Balaban J connectivity index is 2.08. The van der Waals surface area contributed by atoms with E-state index in [4.69, 9.17) is 11.6 Å². The molecule has 3 rings (SSSR count). The predicted octanol–water partition coefficient (Wildman–Crippen LogP) is 4.14. The van der Waals surface area contributed by atoms with Gasteiger partial charge in [-0.15, -0.1) is 0 Å². The van der Waals surface area contributed by atoms with E-state index >= 15 is 0 Å². The summed E-state index contributed by atoms with van der Waals surface area (Å²) in [7, 11) is 0. The third-order valence-electron chi connectivity index (χ3n) is 3.08. The van der Waals surface area contributed by atoms with Crippen LogP contribution in [0.1, 0.15) is 10.4 Å². The highest BCUT2D eigenvalue weighted by Gasteiger charge is 2.11. The zero-order valence-electron chi connectivity index (χ0n) is 10.8. The van der Waals surface area contributed by atoms with E-state index in [0.29, 0.717) is 21.8 Å². The zero-order chi connectivity index (χ0) is 14.8. The van der Waals surface area contributed by atoms with E-state index in [-0.39, 0.29) is 5.82 Å². The summed E-state index contributed by atoms with van der Waals surface area (Å²) < 4.78 is 14.6. The third-order valence-corrected chi connectivity index (χ3v) is 3.33. The summed E-state index contributed by atoms with van der Waals surface area (Å²) in [5.74, 6) is -0.330. The fourth-order valence-electron chi connectivity index (χ4n) is 2.03. The Morgan fingerprint density at radius 3 is 2.33 bits per heavy atom. The number of aldehydes is 1. The van der Waals surface area contributed by atoms with Gasteiger partial charge in [0.15, 0.2) is 6.29 Å². The summed E-state index contributed by atoms with van der Waals surface area (Å²) in [5.41, 5.74) is 2.43. The Morgan fingerprint density at radius 2 is 1.71 bits per heavy atom. The van der Waals surface area contributed by atoms with Crippen molar-refractivity contribution < 1.29 is 9.18 Å². The van der Waals surface area contributed by atoms with Crippen LogP contribution in [0.4, 0.5) is 4.39 Å². The van der Waals surface area contributed by atoms with Gasteiger partial charge < -0.3 is 0 Å². The van der Waals surface area contributed by atoms with E-state index in [2.05, 4.69) is 5.10 Å². The monoisotopic (exact) mass is 300 g/mol. The van der Waals surface area contributed by atoms with Crippen molar-refractivity contribution in [3.63, 3.8) is 0 Å². The molecule has 0 saturated carbocycles. The molecule has 2 aromatic carbocycles. The summed E-state index contributed by atoms with van der Waals surface area (Å²) in [4.78, 5) is 11.2. The molecule has 0 aliphatic heterocycles. The molecule has 3 aromatic rings. The van der Waals surface area contributed by atoms with E-state index in [1.54, 1.807) is 47.3 Å². The first kappa shape index (κ1) is 13.5. The lowest BCUT2D eigenvalue weighted by Gasteiger charge is -2.01. The Bertz CT molecular complexity index is 779. The first-order valence-electron chi connectivity index (χ1n) is 6.24. The molecule has 0 aliphatic rings. The van der Waals surface area contributed by atoms with Crippen molar-refractivity contribution in [1.29, 1.82) is 0 Å². The molecular weight excluding hydrogens is 291 g/mol.